The zero-order valence-electron chi connectivity index (χ0n) is 21.8. The molecule has 200 valence electrons. The lowest BCUT2D eigenvalue weighted by molar-refractivity contribution is 0.0741. The van der Waals surface area contributed by atoms with Crippen LogP contribution < -0.4 is 15.2 Å². The topological polar surface area (TPSA) is 115 Å². The molecule has 3 heterocycles. The van der Waals surface area contributed by atoms with Gasteiger partial charge in [0, 0.05) is 44.2 Å². The van der Waals surface area contributed by atoms with Crippen LogP contribution in [0.2, 0.25) is 0 Å². The van der Waals surface area contributed by atoms with Gasteiger partial charge in [0.1, 0.15) is 30.1 Å². The first-order valence-electron chi connectivity index (χ1n) is 12.7. The molecule has 0 spiro atoms. The number of ether oxygens (including phenoxy) is 1. The van der Waals surface area contributed by atoms with Gasteiger partial charge in [-0.25, -0.2) is 14.5 Å². The Labute approximate surface area is 229 Å². The second-order valence-corrected chi connectivity index (χ2v) is 9.21. The quantitative estimate of drug-likeness (QED) is 0.376. The molecular formula is C30H25FN6O3. The summed E-state index contributed by atoms with van der Waals surface area (Å²) in [7, 11) is 0. The first-order chi connectivity index (χ1) is 19.5. The van der Waals surface area contributed by atoms with Crippen molar-refractivity contribution in [3.8, 4) is 23.7 Å². The summed E-state index contributed by atoms with van der Waals surface area (Å²) in [5.74, 6) is 5.89. The van der Waals surface area contributed by atoms with E-state index >= 15 is 0 Å². The van der Waals surface area contributed by atoms with E-state index in [0.29, 0.717) is 59.5 Å². The Hall–Kier alpha value is -5.22. The first kappa shape index (κ1) is 26.4. The Balaban J connectivity index is 1.33. The van der Waals surface area contributed by atoms with E-state index in [4.69, 9.17) is 10.00 Å². The predicted octanol–water partition coefficient (Wildman–Crippen LogP) is 3.28. The molecule has 10 heteroatoms. The van der Waals surface area contributed by atoms with E-state index in [2.05, 4.69) is 27.0 Å². The van der Waals surface area contributed by atoms with Gasteiger partial charge in [-0.2, -0.15) is 10.4 Å². The molecule has 1 saturated heterocycles. The fourth-order valence-electron chi connectivity index (χ4n) is 4.60. The van der Waals surface area contributed by atoms with Crippen LogP contribution in [0.15, 0.2) is 59.5 Å². The van der Waals surface area contributed by atoms with Crippen molar-refractivity contribution in [1.82, 2.24) is 20.1 Å². The van der Waals surface area contributed by atoms with E-state index in [1.807, 2.05) is 11.0 Å². The van der Waals surface area contributed by atoms with Crippen LogP contribution in [0.3, 0.4) is 0 Å². The molecule has 40 heavy (non-hydrogen) atoms. The normalized spacial score (nSPS) is 12.9. The van der Waals surface area contributed by atoms with E-state index in [1.165, 1.54) is 12.3 Å². The third-order valence-corrected chi connectivity index (χ3v) is 6.73. The van der Waals surface area contributed by atoms with Crippen LogP contribution in [0.5, 0.6) is 5.75 Å². The summed E-state index contributed by atoms with van der Waals surface area (Å²) in [6.07, 6.45) is 1.79. The lowest BCUT2D eigenvalue weighted by Crippen LogP contribution is -2.49. The number of hydrogen-bond acceptors (Lipinski definition) is 7. The molecule has 4 aromatic rings. The van der Waals surface area contributed by atoms with Gasteiger partial charge in [-0.3, -0.25) is 9.59 Å². The SMILES string of the molecule is CC#CCOc1ccc2c(=O)[nH]nc(Cc3ccc(F)c(C(=O)N4CCN(c5ccc(C#N)cn5)CC4)c3)c2c1. The Bertz CT molecular complexity index is 1730. The zero-order chi connectivity index (χ0) is 28.1. The Morgan fingerprint density at radius 1 is 1.10 bits per heavy atom. The number of pyridine rings is 1. The Morgan fingerprint density at radius 3 is 2.65 bits per heavy atom. The summed E-state index contributed by atoms with van der Waals surface area (Å²) >= 11 is 0. The fraction of sp³-hybridized carbons (Fsp3) is 0.233. The number of hydrogen-bond donors (Lipinski definition) is 1. The predicted molar refractivity (Wildman–Crippen MR) is 148 cm³/mol. The zero-order valence-corrected chi connectivity index (χ0v) is 21.8. The smallest absolute Gasteiger partial charge is 0.272 e. The molecule has 1 aliphatic rings. The van der Waals surface area contributed by atoms with Crippen molar-refractivity contribution in [2.45, 2.75) is 13.3 Å². The molecule has 0 unspecified atom stereocenters. The summed E-state index contributed by atoms with van der Waals surface area (Å²) < 4.78 is 20.5. The van der Waals surface area contributed by atoms with Crippen molar-refractivity contribution in [1.29, 1.82) is 5.26 Å². The highest BCUT2D eigenvalue weighted by molar-refractivity contribution is 5.95. The number of nitriles is 1. The minimum atomic E-state index is -0.600. The van der Waals surface area contributed by atoms with Crippen molar-refractivity contribution in [2.24, 2.45) is 0 Å². The maximum Gasteiger partial charge on any atom is 0.272 e. The highest BCUT2D eigenvalue weighted by Gasteiger charge is 2.25. The number of fused-ring (bicyclic) bond motifs is 1. The molecule has 9 nitrogen and oxygen atoms in total. The molecule has 1 aliphatic heterocycles. The van der Waals surface area contributed by atoms with Gasteiger partial charge in [-0.05, 0) is 55.0 Å². The second kappa shape index (κ2) is 11.7. The van der Waals surface area contributed by atoms with Crippen LogP contribution in [-0.2, 0) is 6.42 Å². The summed E-state index contributed by atoms with van der Waals surface area (Å²) in [4.78, 5) is 33.6. The number of carbonyl (C=O) groups is 1. The monoisotopic (exact) mass is 536 g/mol. The first-order valence-corrected chi connectivity index (χ1v) is 12.7. The molecule has 1 amide bonds. The third-order valence-electron chi connectivity index (χ3n) is 6.73. The average Bonchev–Trinajstić information content (AvgIpc) is 2.99. The number of amides is 1. The van der Waals surface area contributed by atoms with Gasteiger partial charge in [0.25, 0.3) is 11.5 Å². The van der Waals surface area contributed by atoms with Crippen molar-refractivity contribution in [3.05, 3.63) is 93.3 Å². The number of carbonyl (C=O) groups excluding carboxylic acids is 1. The van der Waals surface area contributed by atoms with Gasteiger partial charge >= 0.3 is 0 Å². The summed E-state index contributed by atoms with van der Waals surface area (Å²) in [5.41, 5.74) is 1.38. The summed E-state index contributed by atoms with van der Waals surface area (Å²) in [6, 6.07) is 15.1. The van der Waals surface area contributed by atoms with Gasteiger partial charge in [-0.15, -0.1) is 5.92 Å². The molecule has 0 saturated carbocycles. The maximum absolute atomic E-state index is 14.8. The van der Waals surface area contributed by atoms with Crippen LogP contribution >= 0.6 is 0 Å². The molecule has 0 aliphatic carbocycles. The minimum absolute atomic E-state index is 0.0154. The summed E-state index contributed by atoms with van der Waals surface area (Å²) in [6.45, 7) is 3.82. The van der Waals surface area contributed by atoms with E-state index in [1.54, 1.807) is 54.3 Å². The van der Waals surface area contributed by atoms with E-state index in [-0.39, 0.29) is 24.2 Å². The molecule has 5 rings (SSSR count). The van der Waals surface area contributed by atoms with E-state index in [0.717, 1.165) is 5.82 Å². The van der Waals surface area contributed by atoms with E-state index in [9.17, 15) is 14.0 Å². The van der Waals surface area contributed by atoms with Crippen LogP contribution in [0, 0.1) is 29.0 Å². The minimum Gasteiger partial charge on any atom is -0.481 e. The van der Waals surface area contributed by atoms with Crippen molar-refractivity contribution < 1.29 is 13.9 Å². The molecule has 1 fully saturated rings. The van der Waals surface area contributed by atoms with Crippen molar-refractivity contribution in [3.63, 3.8) is 0 Å². The highest BCUT2D eigenvalue weighted by atomic mass is 19.1. The second-order valence-electron chi connectivity index (χ2n) is 9.21. The number of aromatic nitrogens is 3. The molecule has 0 atom stereocenters. The third kappa shape index (κ3) is 5.62. The molecule has 2 aromatic heterocycles. The molecule has 2 aromatic carbocycles. The molecule has 1 N–H and O–H groups in total. The number of aromatic amines is 1. The molecule has 0 radical (unpaired) electrons. The number of rotatable bonds is 6. The lowest BCUT2D eigenvalue weighted by Gasteiger charge is -2.35. The van der Waals surface area contributed by atoms with E-state index < -0.39 is 11.7 Å². The average molecular weight is 537 g/mol. The van der Waals surface area contributed by atoms with Gasteiger partial charge in [0.2, 0.25) is 0 Å². The van der Waals surface area contributed by atoms with Gasteiger partial charge in [0.05, 0.1) is 22.2 Å². The number of anilines is 1. The molecule has 0 bridgehead atoms. The number of nitrogens with zero attached hydrogens (tertiary/aromatic N) is 5. The van der Waals surface area contributed by atoms with Crippen LogP contribution in [0.25, 0.3) is 10.8 Å². The maximum atomic E-state index is 14.8. The Kier molecular flexibility index (Phi) is 7.70. The van der Waals surface area contributed by atoms with Crippen LogP contribution in [0.4, 0.5) is 10.2 Å². The molecular weight excluding hydrogens is 511 g/mol. The van der Waals surface area contributed by atoms with Crippen molar-refractivity contribution >= 4 is 22.5 Å². The van der Waals surface area contributed by atoms with Crippen LogP contribution in [0.1, 0.15) is 34.1 Å². The van der Waals surface area contributed by atoms with Crippen molar-refractivity contribution in [2.75, 3.05) is 37.7 Å². The van der Waals surface area contributed by atoms with Gasteiger partial charge < -0.3 is 14.5 Å². The summed E-state index contributed by atoms with van der Waals surface area (Å²) in [5, 5.41) is 16.8. The van der Waals surface area contributed by atoms with Crippen LogP contribution in [-0.4, -0.2) is 58.8 Å². The standard InChI is InChI=1S/C30H25FN6O3/c1-2-3-14-40-22-6-7-23-24(17-22)27(34-35-29(23)38)16-20-4-8-26(31)25(15-20)30(39)37-12-10-36(11-13-37)28-9-5-21(18-32)19-33-28/h4-9,15,17,19H,10-14,16H2,1H3,(H,35,38). The number of nitrogens with one attached hydrogen (secondary N) is 1. The number of H-pyrrole nitrogens is 1. The number of halogens is 1. The number of benzene rings is 2. The lowest BCUT2D eigenvalue weighted by atomic mass is 10.0. The Morgan fingerprint density at radius 2 is 1.93 bits per heavy atom. The largest absolute Gasteiger partial charge is 0.481 e. The van der Waals surface area contributed by atoms with Gasteiger partial charge in [-0.1, -0.05) is 12.0 Å². The van der Waals surface area contributed by atoms with Gasteiger partial charge in [0.15, 0.2) is 0 Å². The highest BCUT2D eigenvalue weighted by Crippen LogP contribution is 2.24. The number of piperazine rings is 1. The fourth-order valence-corrected chi connectivity index (χ4v) is 4.60.